The highest BCUT2D eigenvalue weighted by Crippen LogP contribution is 2.38. The Bertz CT molecular complexity index is 521. The maximum absolute atomic E-state index is 10.7. The van der Waals surface area contributed by atoms with Gasteiger partial charge in [-0.1, -0.05) is 18.5 Å². The molecule has 1 aromatic carbocycles. The van der Waals surface area contributed by atoms with Crippen molar-refractivity contribution in [1.82, 2.24) is 0 Å². The molecule has 21 heavy (non-hydrogen) atoms. The maximum Gasteiger partial charge on any atom is 0.126 e. The fourth-order valence-electron chi connectivity index (χ4n) is 3.49. The Morgan fingerprint density at radius 3 is 2.81 bits per heavy atom. The number of hydrogen-bond donors (Lipinski definition) is 2. The molecule has 0 bridgehead atoms. The molecule has 2 aliphatic rings. The van der Waals surface area contributed by atoms with Crippen LogP contribution in [0.3, 0.4) is 0 Å². The first-order chi connectivity index (χ1) is 9.98. The molecule has 4 heteroatoms. The zero-order valence-electron chi connectivity index (χ0n) is 12.4. The van der Waals surface area contributed by atoms with E-state index in [0.29, 0.717) is 36.8 Å². The van der Waals surface area contributed by atoms with Crippen molar-refractivity contribution in [3.8, 4) is 5.75 Å². The highest BCUT2D eigenvalue weighted by Gasteiger charge is 2.39. The summed E-state index contributed by atoms with van der Waals surface area (Å²) in [5, 5.41) is 21.9. The summed E-state index contributed by atoms with van der Waals surface area (Å²) in [6.45, 7) is 2.87. The lowest BCUT2D eigenvalue weighted by Gasteiger charge is -2.38. The minimum absolute atomic E-state index is 0.397. The number of aliphatic hydroxyl groups excluding tert-OH is 1. The van der Waals surface area contributed by atoms with Gasteiger partial charge in [0.1, 0.15) is 5.75 Å². The average Bonchev–Trinajstić information content (AvgIpc) is 2.90. The lowest BCUT2D eigenvalue weighted by Crippen LogP contribution is -2.46. The molecule has 1 aliphatic heterocycles. The molecular formula is C17H23ClO3. The van der Waals surface area contributed by atoms with Crippen LogP contribution < -0.4 is 4.74 Å². The fourth-order valence-corrected chi connectivity index (χ4v) is 3.75. The van der Waals surface area contributed by atoms with Crippen molar-refractivity contribution in [2.45, 2.75) is 57.2 Å². The van der Waals surface area contributed by atoms with E-state index in [1.807, 2.05) is 12.1 Å². The number of hydrogen-bond acceptors (Lipinski definition) is 3. The molecule has 0 aromatic heterocycles. The van der Waals surface area contributed by atoms with Crippen LogP contribution in [-0.4, -0.2) is 28.5 Å². The predicted molar refractivity (Wildman–Crippen MR) is 82.9 cm³/mol. The maximum atomic E-state index is 10.7. The summed E-state index contributed by atoms with van der Waals surface area (Å²) in [6.07, 6.45) is 3.76. The SMILES string of the molecule is CC1CCC(O)(C(O)Cc2cc(Cl)cc3c2OCC3)CC1. The summed E-state index contributed by atoms with van der Waals surface area (Å²) >= 11 is 6.15. The Hall–Kier alpha value is -0.770. The van der Waals surface area contributed by atoms with Gasteiger partial charge in [-0.3, -0.25) is 0 Å². The van der Waals surface area contributed by atoms with E-state index in [1.165, 1.54) is 0 Å². The van der Waals surface area contributed by atoms with Crippen LogP contribution in [0, 0.1) is 5.92 Å². The van der Waals surface area contributed by atoms with Gasteiger partial charge in [-0.05, 0) is 54.9 Å². The molecule has 0 amide bonds. The molecule has 116 valence electrons. The van der Waals surface area contributed by atoms with Crippen molar-refractivity contribution in [3.63, 3.8) is 0 Å². The minimum atomic E-state index is -0.972. The number of benzene rings is 1. The Labute approximate surface area is 130 Å². The van der Waals surface area contributed by atoms with Gasteiger partial charge in [0.2, 0.25) is 0 Å². The quantitative estimate of drug-likeness (QED) is 0.902. The fraction of sp³-hybridized carbons (Fsp3) is 0.647. The van der Waals surface area contributed by atoms with Crippen LogP contribution >= 0.6 is 11.6 Å². The minimum Gasteiger partial charge on any atom is -0.493 e. The van der Waals surface area contributed by atoms with Crippen molar-refractivity contribution in [3.05, 3.63) is 28.3 Å². The van der Waals surface area contributed by atoms with Crippen LogP contribution in [0.2, 0.25) is 5.02 Å². The first-order valence-corrected chi connectivity index (χ1v) is 8.20. The second kappa shape index (κ2) is 5.79. The normalized spacial score (nSPS) is 29.8. The first-order valence-electron chi connectivity index (χ1n) is 7.82. The molecule has 3 nitrogen and oxygen atoms in total. The predicted octanol–water partition coefficient (Wildman–Crippen LogP) is 3.12. The third kappa shape index (κ3) is 3.05. The van der Waals surface area contributed by atoms with Gasteiger partial charge in [0.25, 0.3) is 0 Å². The highest BCUT2D eigenvalue weighted by molar-refractivity contribution is 6.30. The molecule has 1 aromatic rings. The van der Waals surface area contributed by atoms with Crippen LogP contribution in [0.5, 0.6) is 5.75 Å². The molecule has 1 unspecified atom stereocenters. The Morgan fingerprint density at radius 2 is 2.10 bits per heavy atom. The number of aliphatic hydroxyl groups is 2. The molecule has 1 fully saturated rings. The second-order valence-electron chi connectivity index (χ2n) is 6.66. The Balaban J connectivity index is 1.77. The van der Waals surface area contributed by atoms with E-state index in [4.69, 9.17) is 16.3 Å². The van der Waals surface area contributed by atoms with Gasteiger partial charge >= 0.3 is 0 Å². The summed E-state index contributed by atoms with van der Waals surface area (Å²) in [5.74, 6) is 1.49. The summed E-state index contributed by atoms with van der Waals surface area (Å²) in [7, 11) is 0. The lowest BCUT2D eigenvalue weighted by atomic mass is 9.75. The van der Waals surface area contributed by atoms with Gasteiger partial charge in [-0.15, -0.1) is 0 Å². The Kier molecular flexibility index (Phi) is 4.17. The topological polar surface area (TPSA) is 49.7 Å². The van der Waals surface area contributed by atoms with Gasteiger partial charge in [0.15, 0.2) is 0 Å². The summed E-state index contributed by atoms with van der Waals surface area (Å²) in [6, 6.07) is 3.78. The van der Waals surface area contributed by atoms with E-state index >= 15 is 0 Å². The largest absolute Gasteiger partial charge is 0.493 e. The third-order valence-corrected chi connectivity index (χ3v) is 5.22. The van der Waals surface area contributed by atoms with E-state index in [9.17, 15) is 10.2 Å². The molecule has 0 radical (unpaired) electrons. The first kappa shape index (κ1) is 15.1. The smallest absolute Gasteiger partial charge is 0.126 e. The molecule has 1 aliphatic carbocycles. The van der Waals surface area contributed by atoms with E-state index < -0.39 is 11.7 Å². The van der Waals surface area contributed by atoms with Crippen molar-refractivity contribution < 1.29 is 14.9 Å². The van der Waals surface area contributed by atoms with E-state index in [1.54, 1.807) is 0 Å². The van der Waals surface area contributed by atoms with Crippen LogP contribution in [0.25, 0.3) is 0 Å². The number of ether oxygens (including phenoxy) is 1. The van der Waals surface area contributed by atoms with Crippen molar-refractivity contribution in [1.29, 1.82) is 0 Å². The molecule has 2 N–H and O–H groups in total. The van der Waals surface area contributed by atoms with Gasteiger partial charge < -0.3 is 14.9 Å². The average molecular weight is 311 g/mol. The van der Waals surface area contributed by atoms with E-state index in [-0.39, 0.29) is 0 Å². The molecule has 1 heterocycles. The molecule has 0 saturated heterocycles. The van der Waals surface area contributed by atoms with Gasteiger partial charge in [0.05, 0.1) is 18.3 Å². The molecule has 0 spiro atoms. The monoisotopic (exact) mass is 310 g/mol. The van der Waals surface area contributed by atoms with Gasteiger partial charge in [-0.25, -0.2) is 0 Å². The highest BCUT2D eigenvalue weighted by atomic mass is 35.5. The van der Waals surface area contributed by atoms with Crippen molar-refractivity contribution in [2.75, 3.05) is 6.61 Å². The Morgan fingerprint density at radius 1 is 1.38 bits per heavy atom. The van der Waals surface area contributed by atoms with Crippen LogP contribution in [0.4, 0.5) is 0 Å². The van der Waals surface area contributed by atoms with Crippen LogP contribution in [-0.2, 0) is 12.8 Å². The van der Waals surface area contributed by atoms with Crippen LogP contribution in [0.1, 0.15) is 43.7 Å². The van der Waals surface area contributed by atoms with Gasteiger partial charge in [-0.2, -0.15) is 0 Å². The summed E-state index contributed by atoms with van der Waals surface area (Å²) < 4.78 is 5.67. The van der Waals surface area contributed by atoms with Gasteiger partial charge in [0, 0.05) is 17.9 Å². The zero-order valence-corrected chi connectivity index (χ0v) is 13.2. The standard InChI is InChI=1S/C17H23ClO3/c1-11-2-5-17(20,6-3-11)15(19)10-13-9-14(18)8-12-4-7-21-16(12)13/h8-9,11,15,19-20H,2-7,10H2,1H3. The molecule has 1 saturated carbocycles. The van der Waals surface area contributed by atoms with E-state index in [0.717, 1.165) is 36.1 Å². The summed E-state index contributed by atoms with van der Waals surface area (Å²) in [5.41, 5.74) is 1.05. The lowest BCUT2D eigenvalue weighted by molar-refractivity contribution is -0.102. The number of fused-ring (bicyclic) bond motifs is 1. The van der Waals surface area contributed by atoms with E-state index in [2.05, 4.69) is 6.92 Å². The van der Waals surface area contributed by atoms with Crippen LogP contribution in [0.15, 0.2) is 12.1 Å². The zero-order chi connectivity index (χ0) is 15.0. The molecule has 3 rings (SSSR count). The number of rotatable bonds is 3. The molecule has 1 atom stereocenters. The molecular weight excluding hydrogens is 288 g/mol. The number of halogens is 1. The van der Waals surface area contributed by atoms with Crippen molar-refractivity contribution >= 4 is 11.6 Å². The summed E-state index contributed by atoms with van der Waals surface area (Å²) in [4.78, 5) is 0. The van der Waals surface area contributed by atoms with Crippen molar-refractivity contribution in [2.24, 2.45) is 5.92 Å². The third-order valence-electron chi connectivity index (χ3n) is 5.00. The second-order valence-corrected chi connectivity index (χ2v) is 7.09.